The fourth-order valence-electron chi connectivity index (χ4n) is 6.24. The highest BCUT2D eigenvalue weighted by Crippen LogP contribution is 2.55. The van der Waals surface area contributed by atoms with Crippen LogP contribution in [-0.4, -0.2) is 24.2 Å². The molecule has 0 nitrogen and oxygen atoms in total. The summed E-state index contributed by atoms with van der Waals surface area (Å²) in [5.74, 6) is 0. The first kappa shape index (κ1) is 20.4. The molecule has 0 aliphatic carbocycles. The predicted molar refractivity (Wildman–Crippen MR) is 123 cm³/mol. The van der Waals surface area contributed by atoms with E-state index in [2.05, 4.69) is 113 Å². The van der Waals surface area contributed by atoms with Crippen LogP contribution in [0, 0.1) is 0 Å². The molecule has 2 aromatic carbocycles. The molecule has 0 aliphatic heterocycles. The fourth-order valence-corrected chi connectivity index (χ4v) is 34.8. The number of rotatable bonds is 6. The van der Waals surface area contributed by atoms with Crippen LogP contribution in [0.1, 0.15) is 13.3 Å². The third-order valence-corrected chi connectivity index (χ3v) is 29.5. The summed E-state index contributed by atoms with van der Waals surface area (Å²) < 4.78 is 0.496. The maximum absolute atomic E-state index is 2.68. The zero-order valence-corrected chi connectivity index (χ0v) is 20.5. The van der Waals surface area contributed by atoms with E-state index in [-0.39, 0.29) is 0 Å². The Morgan fingerprint density at radius 2 is 0.920 bits per heavy atom. The maximum atomic E-state index is 2.68. The summed E-state index contributed by atoms with van der Waals surface area (Å²) >= 11 is 0. The summed E-state index contributed by atoms with van der Waals surface area (Å²) in [7, 11) is -4.83. The Kier molecular flexibility index (Phi) is 5.72. The molecule has 0 radical (unpaired) electrons. The van der Waals surface area contributed by atoms with E-state index in [9.17, 15) is 0 Å². The van der Waals surface area contributed by atoms with E-state index in [0.29, 0.717) is 4.28 Å². The van der Waals surface area contributed by atoms with Crippen LogP contribution in [0.25, 0.3) is 0 Å². The third kappa shape index (κ3) is 3.15. The van der Waals surface area contributed by atoms with Crippen LogP contribution in [0.5, 0.6) is 0 Å². The number of benzene rings is 2. The topological polar surface area (TPSA) is 0 Å². The third-order valence-electron chi connectivity index (χ3n) is 6.65. The molecule has 0 saturated heterocycles. The van der Waals surface area contributed by atoms with Crippen LogP contribution >= 0.6 is 0 Å². The fraction of sp³-hybridized carbons (Fsp3) is 0.455. The van der Waals surface area contributed by atoms with Gasteiger partial charge in [0.15, 0.2) is 0 Å². The van der Waals surface area contributed by atoms with Crippen molar-refractivity contribution in [1.82, 2.24) is 0 Å². The van der Waals surface area contributed by atoms with Gasteiger partial charge in [-0.25, -0.2) is 0 Å². The summed E-state index contributed by atoms with van der Waals surface area (Å²) in [5.41, 5.74) is 0. The summed E-state index contributed by atoms with van der Waals surface area (Å²) in [6.07, 6.45) is 1.31. The smallest absolute Gasteiger partial charge is 0.0695 e. The Morgan fingerprint density at radius 1 is 0.600 bits per heavy atom. The molecule has 0 unspecified atom stereocenters. The molecule has 25 heavy (non-hydrogen) atoms. The van der Waals surface area contributed by atoms with Crippen LogP contribution in [-0.2, 0) is 0 Å². The van der Waals surface area contributed by atoms with Crippen molar-refractivity contribution >= 4 is 34.6 Å². The van der Waals surface area contributed by atoms with Crippen molar-refractivity contribution in [2.45, 2.75) is 63.5 Å². The average Bonchev–Trinajstić information content (AvgIpc) is 2.54. The molecule has 0 spiro atoms. The Hall–Kier alpha value is -0.909. The lowest BCUT2D eigenvalue weighted by molar-refractivity contribution is 0.851. The average molecular weight is 385 g/mol. The molecule has 0 aliphatic rings. The van der Waals surface area contributed by atoms with Crippen LogP contribution in [0.15, 0.2) is 60.7 Å². The van der Waals surface area contributed by atoms with Gasteiger partial charge in [-0.05, 0) is 4.28 Å². The van der Waals surface area contributed by atoms with Gasteiger partial charge < -0.3 is 0 Å². The molecule has 136 valence electrons. The van der Waals surface area contributed by atoms with Gasteiger partial charge in [0.05, 0.1) is 0 Å². The standard InChI is InChI=1S/C22H36Si3/c1-9-22(23(2,3)4,24(5,6)7)25(8,20-16-12-10-13-17-20)21-18-14-11-15-19-21/h10-19H,9H2,1-8H3. The predicted octanol–water partition coefficient (Wildman–Crippen LogP) is 5.78. The first-order valence-electron chi connectivity index (χ1n) is 9.63. The minimum atomic E-state index is -1.93. The largest absolute Gasteiger partial charge is 0.116 e. The Morgan fingerprint density at radius 3 is 1.16 bits per heavy atom. The zero-order valence-electron chi connectivity index (χ0n) is 17.5. The van der Waals surface area contributed by atoms with Crippen LogP contribution in [0.2, 0.25) is 50.1 Å². The molecule has 3 heteroatoms. The molecule has 0 amide bonds. The molecule has 2 rings (SSSR count). The van der Waals surface area contributed by atoms with E-state index in [1.807, 2.05) is 0 Å². The number of hydrogen-bond acceptors (Lipinski definition) is 0. The van der Waals surface area contributed by atoms with Crippen molar-refractivity contribution in [2.75, 3.05) is 0 Å². The molecule has 0 saturated carbocycles. The van der Waals surface area contributed by atoms with E-state index in [4.69, 9.17) is 0 Å². The molecular formula is C22H36Si3. The summed E-state index contributed by atoms with van der Waals surface area (Å²) in [6, 6.07) is 23.0. The highest BCUT2D eigenvalue weighted by atomic mass is 28.5. The molecule has 0 atom stereocenters. The lowest BCUT2D eigenvalue weighted by atomic mass is 10.4. The van der Waals surface area contributed by atoms with Crippen molar-refractivity contribution in [3.63, 3.8) is 0 Å². The van der Waals surface area contributed by atoms with Crippen LogP contribution < -0.4 is 10.4 Å². The second kappa shape index (κ2) is 7.01. The summed E-state index contributed by atoms with van der Waals surface area (Å²) in [6.45, 7) is 20.9. The normalized spacial score (nSPS) is 13.8. The summed E-state index contributed by atoms with van der Waals surface area (Å²) in [5, 5.41) is 3.24. The van der Waals surface area contributed by atoms with Crippen molar-refractivity contribution in [3.05, 3.63) is 60.7 Å². The van der Waals surface area contributed by atoms with Gasteiger partial charge in [-0.15, -0.1) is 0 Å². The minimum absolute atomic E-state index is 0.496. The van der Waals surface area contributed by atoms with E-state index >= 15 is 0 Å². The quantitative estimate of drug-likeness (QED) is 0.553. The Balaban J connectivity index is 2.96. The summed E-state index contributed by atoms with van der Waals surface area (Å²) in [4.78, 5) is 0. The highest BCUT2D eigenvalue weighted by molar-refractivity contribution is 7.23. The van der Waals surface area contributed by atoms with Crippen LogP contribution in [0.4, 0.5) is 0 Å². The molecule has 0 bridgehead atoms. The van der Waals surface area contributed by atoms with Crippen molar-refractivity contribution in [1.29, 1.82) is 0 Å². The van der Waals surface area contributed by atoms with Crippen LogP contribution in [0.3, 0.4) is 0 Å². The Bertz CT molecular complexity index is 625. The highest BCUT2D eigenvalue weighted by Gasteiger charge is 2.63. The minimum Gasteiger partial charge on any atom is -0.0695 e. The zero-order chi connectivity index (χ0) is 18.9. The van der Waals surface area contributed by atoms with E-state index in [1.54, 1.807) is 10.4 Å². The molecule has 0 N–H and O–H groups in total. The molecule has 0 fully saturated rings. The molecule has 2 aromatic rings. The molecular weight excluding hydrogens is 349 g/mol. The second-order valence-electron chi connectivity index (χ2n) is 9.62. The molecule has 0 heterocycles. The van der Waals surface area contributed by atoms with Gasteiger partial charge in [-0.1, -0.05) is 130 Å². The monoisotopic (exact) mass is 384 g/mol. The SMILES string of the molecule is CCC([Si](C)(C)C)([Si](C)(C)C)[Si](C)(c1ccccc1)c1ccccc1. The van der Waals surface area contributed by atoms with E-state index < -0.39 is 24.2 Å². The maximum Gasteiger partial charge on any atom is 0.116 e. The lowest BCUT2D eigenvalue weighted by Crippen LogP contribution is -2.76. The van der Waals surface area contributed by atoms with Gasteiger partial charge in [0.2, 0.25) is 0 Å². The van der Waals surface area contributed by atoms with Gasteiger partial charge in [0.25, 0.3) is 0 Å². The molecule has 0 aromatic heterocycles. The number of hydrogen-bond donors (Lipinski definition) is 0. The van der Waals surface area contributed by atoms with Gasteiger partial charge in [0, 0.05) is 16.1 Å². The van der Waals surface area contributed by atoms with Crippen molar-refractivity contribution < 1.29 is 0 Å². The van der Waals surface area contributed by atoms with E-state index in [1.165, 1.54) is 6.42 Å². The second-order valence-corrected chi connectivity index (χ2v) is 26.1. The lowest BCUT2D eigenvalue weighted by Gasteiger charge is -2.61. The van der Waals surface area contributed by atoms with Gasteiger partial charge in [-0.3, -0.25) is 0 Å². The van der Waals surface area contributed by atoms with Crippen molar-refractivity contribution in [3.8, 4) is 0 Å². The van der Waals surface area contributed by atoms with Gasteiger partial charge in [0.1, 0.15) is 8.07 Å². The first-order valence-corrected chi connectivity index (χ1v) is 19.1. The first-order chi connectivity index (χ1) is 11.5. The van der Waals surface area contributed by atoms with E-state index in [0.717, 1.165) is 0 Å². The van der Waals surface area contributed by atoms with Crippen molar-refractivity contribution in [2.24, 2.45) is 0 Å². The van der Waals surface area contributed by atoms with Gasteiger partial charge in [-0.2, -0.15) is 0 Å². The van der Waals surface area contributed by atoms with Gasteiger partial charge >= 0.3 is 0 Å². The Labute approximate surface area is 158 Å².